The van der Waals surface area contributed by atoms with E-state index in [9.17, 15) is 9.90 Å². The second kappa shape index (κ2) is 6.65. The molecule has 0 atom stereocenters. The molecule has 0 aliphatic heterocycles. The van der Waals surface area contributed by atoms with Crippen molar-refractivity contribution in [2.75, 3.05) is 11.9 Å². The number of para-hydroxylation sites is 1. The molecule has 1 aromatic carbocycles. The van der Waals surface area contributed by atoms with Crippen LogP contribution in [0.25, 0.3) is 0 Å². The van der Waals surface area contributed by atoms with Gasteiger partial charge < -0.3 is 20.9 Å². The van der Waals surface area contributed by atoms with Gasteiger partial charge in [0.1, 0.15) is 6.54 Å². The van der Waals surface area contributed by atoms with Gasteiger partial charge in [-0.05, 0) is 13.0 Å². The average Bonchev–Trinajstić information content (AvgIpc) is 2.87. The van der Waals surface area contributed by atoms with Gasteiger partial charge in [0.15, 0.2) is 11.5 Å². The third-order valence-electron chi connectivity index (χ3n) is 2.82. The highest BCUT2D eigenvalue weighted by molar-refractivity contribution is 5.73. The van der Waals surface area contributed by atoms with Crippen molar-refractivity contribution in [3.8, 4) is 11.5 Å². The maximum Gasteiger partial charge on any atom is 0.239 e. The van der Waals surface area contributed by atoms with Gasteiger partial charge in [0, 0.05) is 18.3 Å². The first-order valence-corrected chi connectivity index (χ1v) is 6.58. The van der Waals surface area contributed by atoms with Crippen LogP contribution in [0.4, 0.5) is 5.69 Å². The molecule has 112 valence electrons. The molecule has 1 aromatic heterocycles. The molecule has 0 saturated heterocycles. The lowest BCUT2D eigenvalue weighted by Gasteiger charge is -2.10. The summed E-state index contributed by atoms with van der Waals surface area (Å²) in [5, 5.41) is 17.2. The van der Waals surface area contributed by atoms with Crippen molar-refractivity contribution in [3.63, 3.8) is 0 Å². The van der Waals surface area contributed by atoms with Crippen molar-refractivity contribution < 1.29 is 14.6 Å². The van der Waals surface area contributed by atoms with Crippen LogP contribution in [0.5, 0.6) is 11.5 Å². The smallest absolute Gasteiger partial charge is 0.239 e. The van der Waals surface area contributed by atoms with Crippen LogP contribution in [0.15, 0.2) is 30.6 Å². The molecule has 0 saturated carbocycles. The number of anilines is 1. The molecule has 0 aliphatic carbocycles. The predicted molar refractivity (Wildman–Crippen MR) is 78.0 cm³/mol. The summed E-state index contributed by atoms with van der Waals surface area (Å²) in [6.07, 6.45) is 3.26. The third kappa shape index (κ3) is 3.88. The zero-order chi connectivity index (χ0) is 15.2. The quantitative estimate of drug-likeness (QED) is 0.708. The molecule has 7 heteroatoms. The van der Waals surface area contributed by atoms with Crippen molar-refractivity contribution >= 4 is 11.6 Å². The minimum Gasteiger partial charge on any atom is -0.504 e. The number of hydrogen-bond donors (Lipinski definition) is 3. The Morgan fingerprint density at radius 2 is 2.33 bits per heavy atom. The van der Waals surface area contributed by atoms with E-state index >= 15 is 0 Å². The SMILES string of the molecule is CCOc1cccc(CNc2cnn(CC(N)=O)c2)c1O. The van der Waals surface area contributed by atoms with Gasteiger partial charge in [-0.2, -0.15) is 5.10 Å². The van der Waals surface area contributed by atoms with Crippen LogP contribution in [-0.4, -0.2) is 27.4 Å². The van der Waals surface area contributed by atoms with E-state index in [4.69, 9.17) is 10.5 Å². The number of phenolic OH excluding ortho intramolecular Hbond substituents is 1. The summed E-state index contributed by atoms with van der Waals surface area (Å²) in [5.41, 5.74) is 6.54. The van der Waals surface area contributed by atoms with E-state index in [0.29, 0.717) is 24.5 Å². The second-order valence-corrected chi connectivity index (χ2v) is 4.44. The molecule has 0 bridgehead atoms. The van der Waals surface area contributed by atoms with Gasteiger partial charge in [-0.1, -0.05) is 12.1 Å². The lowest BCUT2D eigenvalue weighted by molar-refractivity contribution is -0.118. The molecule has 0 unspecified atom stereocenters. The molecule has 2 rings (SSSR count). The van der Waals surface area contributed by atoms with Crippen molar-refractivity contribution in [3.05, 3.63) is 36.2 Å². The maximum absolute atomic E-state index is 10.8. The Balaban J connectivity index is 2.01. The van der Waals surface area contributed by atoms with Gasteiger partial charge in [0.25, 0.3) is 0 Å². The number of primary amides is 1. The minimum absolute atomic E-state index is 0.0345. The van der Waals surface area contributed by atoms with Gasteiger partial charge in [-0.25, -0.2) is 0 Å². The Kier molecular flexibility index (Phi) is 4.65. The molecule has 0 aliphatic rings. The number of phenols is 1. The maximum atomic E-state index is 10.8. The zero-order valence-corrected chi connectivity index (χ0v) is 11.7. The number of nitrogens with zero attached hydrogens (tertiary/aromatic N) is 2. The summed E-state index contributed by atoms with van der Waals surface area (Å²) in [4.78, 5) is 10.8. The Morgan fingerprint density at radius 3 is 3.05 bits per heavy atom. The highest BCUT2D eigenvalue weighted by atomic mass is 16.5. The van der Waals surface area contributed by atoms with Crippen molar-refractivity contribution in [2.45, 2.75) is 20.0 Å². The molecule has 0 radical (unpaired) electrons. The van der Waals surface area contributed by atoms with E-state index in [1.165, 1.54) is 4.68 Å². The molecular weight excluding hydrogens is 272 g/mol. The Labute approximate surface area is 122 Å². The number of nitrogens with two attached hydrogens (primary N) is 1. The van der Waals surface area contributed by atoms with Gasteiger partial charge in [0.05, 0.1) is 18.5 Å². The van der Waals surface area contributed by atoms with Crippen LogP contribution < -0.4 is 15.8 Å². The van der Waals surface area contributed by atoms with Crippen molar-refractivity contribution in [2.24, 2.45) is 5.73 Å². The number of rotatable bonds is 7. The first-order chi connectivity index (χ1) is 10.1. The standard InChI is InChI=1S/C14H18N4O3/c1-2-21-12-5-3-4-10(14(12)20)6-16-11-7-17-18(8-11)9-13(15)19/h3-5,7-8,16,20H,2,6,9H2,1H3,(H2,15,19). The van der Waals surface area contributed by atoms with E-state index in [-0.39, 0.29) is 12.3 Å². The molecule has 0 spiro atoms. The van der Waals surface area contributed by atoms with Gasteiger partial charge in [0.2, 0.25) is 5.91 Å². The summed E-state index contributed by atoms with van der Waals surface area (Å²) in [5.74, 6) is 0.129. The number of ether oxygens (including phenoxy) is 1. The number of carbonyl (C=O) groups is 1. The van der Waals surface area contributed by atoms with Crippen LogP contribution in [0, 0.1) is 0 Å². The number of aromatic hydroxyl groups is 1. The monoisotopic (exact) mass is 290 g/mol. The van der Waals surface area contributed by atoms with Crippen molar-refractivity contribution in [1.82, 2.24) is 9.78 Å². The Morgan fingerprint density at radius 1 is 1.52 bits per heavy atom. The first-order valence-electron chi connectivity index (χ1n) is 6.58. The summed E-state index contributed by atoms with van der Waals surface area (Å²) in [6.45, 7) is 2.80. The second-order valence-electron chi connectivity index (χ2n) is 4.44. The summed E-state index contributed by atoms with van der Waals surface area (Å²) < 4.78 is 6.78. The van der Waals surface area contributed by atoms with Gasteiger partial charge >= 0.3 is 0 Å². The Bertz CT molecular complexity index is 624. The van der Waals surface area contributed by atoms with Gasteiger partial charge in [-0.3, -0.25) is 9.48 Å². The number of nitrogens with one attached hydrogen (secondary N) is 1. The fourth-order valence-electron chi connectivity index (χ4n) is 1.88. The largest absolute Gasteiger partial charge is 0.504 e. The number of carbonyl (C=O) groups excluding carboxylic acids is 1. The van der Waals surface area contributed by atoms with E-state index in [1.54, 1.807) is 24.5 Å². The van der Waals surface area contributed by atoms with Gasteiger partial charge in [-0.15, -0.1) is 0 Å². The number of benzene rings is 1. The molecule has 0 fully saturated rings. The topological polar surface area (TPSA) is 102 Å². The predicted octanol–water partition coefficient (Wildman–Crippen LogP) is 1.08. The van der Waals surface area contributed by atoms with E-state index in [2.05, 4.69) is 10.4 Å². The minimum atomic E-state index is -0.452. The molecule has 2 aromatic rings. The fourth-order valence-corrected chi connectivity index (χ4v) is 1.88. The van der Waals surface area contributed by atoms with Crippen LogP contribution in [0.2, 0.25) is 0 Å². The normalized spacial score (nSPS) is 10.3. The molecule has 7 nitrogen and oxygen atoms in total. The third-order valence-corrected chi connectivity index (χ3v) is 2.82. The summed E-state index contributed by atoms with van der Waals surface area (Å²) in [7, 11) is 0. The summed E-state index contributed by atoms with van der Waals surface area (Å²) in [6, 6.07) is 5.34. The van der Waals surface area contributed by atoms with E-state index in [1.807, 2.05) is 13.0 Å². The first kappa shape index (κ1) is 14.7. The molecule has 1 heterocycles. The van der Waals surface area contributed by atoms with Crippen LogP contribution in [-0.2, 0) is 17.9 Å². The van der Waals surface area contributed by atoms with E-state index in [0.717, 1.165) is 5.69 Å². The lowest BCUT2D eigenvalue weighted by atomic mass is 10.2. The van der Waals surface area contributed by atoms with E-state index < -0.39 is 5.91 Å². The highest BCUT2D eigenvalue weighted by Crippen LogP contribution is 2.30. The van der Waals surface area contributed by atoms with Crippen molar-refractivity contribution in [1.29, 1.82) is 0 Å². The highest BCUT2D eigenvalue weighted by Gasteiger charge is 2.08. The average molecular weight is 290 g/mol. The molecule has 1 amide bonds. The van der Waals surface area contributed by atoms with Crippen LogP contribution in [0.1, 0.15) is 12.5 Å². The van der Waals surface area contributed by atoms with Crippen LogP contribution >= 0.6 is 0 Å². The number of aromatic nitrogens is 2. The lowest BCUT2D eigenvalue weighted by Crippen LogP contribution is -2.18. The fraction of sp³-hybridized carbons (Fsp3) is 0.286. The molecule has 21 heavy (non-hydrogen) atoms. The molecular formula is C14H18N4O3. The van der Waals surface area contributed by atoms with Crippen LogP contribution in [0.3, 0.4) is 0 Å². The zero-order valence-electron chi connectivity index (χ0n) is 11.7. The Hall–Kier alpha value is -2.70. The number of hydrogen-bond acceptors (Lipinski definition) is 5. The number of amides is 1. The summed E-state index contributed by atoms with van der Waals surface area (Å²) >= 11 is 0. The molecule has 4 N–H and O–H groups in total.